The maximum atomic E-state index is 12.1. The molecule has 1 aromatic rings. The van der Waals surface area contributed by atoms with Crippen LogP contribution in [0.4, 0.5) is 0 Å². The van der Waals surface area contributed by atoms with E-state index < -0.39 is 15.2 Å². The number of hydrogen-bond acceptors (Lipinski definition) is 5. The molecule has 0 amide bonds. The molecule has 2 N–H and O–H groups in total. The molecular weight excluding hydrogens is 328 g/mol. The van der Waals surface area contributed by atoms with Gasteiger partial charge < -0.3 is 5.73 Å². The first kappa shape index (κ1) is 17.1. The van der Waals surface area contributed by atoms with Gasteiger partial charge in [-0.2, -0.15) is 11.8 Å². The molecule has 0 aromatic heterocycles. The Morgan fingerprint density at radius 3 is 2.67 bits per heavy atom. The first-order valence-electron chi connectivity index (χ1n) is 6.84. The Kier molecular flexibility index (Phi) is 5.59. The summed E-state index contributed by atoms with van der Waals surface area (Å²) in [6, 6.07) is 7.11. The van der Waals surface area contributed by atoms with Crippen LogP contribution in [0.5, 0.6) is 0 Å². The molecule has 0 radical (unpaired) electrons. The van der Waals surface area contributed by atoms with E-state index >= 15 is 0 Å². The molecule has 0 spiro atoms. The van der Waals surface area contributed by atoms with Crippen molar-refractivity contribution < 1.29 is 8.42 Å². The molecule has 1 aliphatic rings. The molecule has 0 saturated carbocycles. The van der Waals surface area contributed by atoms with Gasteiger partial charge in [-0.25, -0.2) is 8.42 Å². The second-order valence-electron chi connectivity index (χ2n) is 5.42. The zero-order valence-corrected chi connectivity index (χ0v) is 14.6. The van der Waals surface area contributed by atoms with Crippen LogP contribution in [0.2, 0.25) is 5.02 Å². The van der Waals surface area contributed by atoms with Crippen molar-refractivity contribution in [1.29, 1.82) is 0 Å². The molecule has 1 aromatic carbocycles. The average molecular weight is 349 g/mol. The summed E-state index contributed by atoms with van der Waals surface area (Å²) in [4.78, 5) is 2.00. The van der Waals surface area contributed by atoms with E-state index in [2.05, 4.69) is 0 Å². The highest BCUT2D eigenvalue weighted by Gasteiger charge is 2.38. The van der Waals surface area contributed by atoms with Crippen LogP contribution < -0.4 is 5.73 Å². The van der Waals surface area contributed by atoms with E-state index in [4.69, 9.17) is 17.3 Å². The highest BCUT2D eigenvalue weighted by molar-refractivity contribution is 8.00. The van der Waals surface area contributed by atoms with Gasteiger partial charge in [-0.05, 0) is 18.6 Å². The lowest BCUT2D eigenvalue weighted by molar-refractivity contribution is 0.172. The lowest BCUT2D eigenvalue weighted by Gasteiger charge is -2.42. The van der Waals surface area contributed by atoms with Crippen molar-refractivity contribution >= 4 is 33.2 Å². The maximum Gasteiger partial charge on any atom is 0.164 e. The van der Waals surface area contributed by atoms with E-state index in [0.717, 1.165) is 11.3 Å². The molecule has 1 aliphatic heterocycles. The molecule has 118 valence electrons. The van der Waals surface area contributed by atoms with Crippen molar-refractivity contribution in [3.63, 3.8) is 0 Å². The summed E-state index contributed by atoms with van der Waals surface area (Å²) >= 11 is 7.97. The third kappa shape index (κ3) is 3.93. The number of nitrogens with two attached hydrogens (primary N) is 1. The summed E-state index contributed by atoms with van der Waals surface area (Å²) in [5, 5.41) is 0.119. The van der Waals surface area contributed by atoms with E-state index in [1.807, 2.05) is 36.1 Å². The molecule has 1 saturated heterocycles. The zero-order valence-electron chi connectivity index (χ0n) is 12.2. The molecule has 21 heavy (non-hydrogen) atoms. The van der Waals surface area contributed by atoms with Crippen LogP contribution in [0.15, 0.2) is 24.3 Å². The van der Waals surface area contributed by atoms with Gasteiger partial charge in [0.25, 0.3) is 0 Å². The number of halogens is 1. The van der Waals surface area contributed by atoms with Gasteiger partial charge in [0.05, 0.1) is 6.04 Å². The molecule has 0 bridgehead atoms. The van der Waals surface area contributed by atoms with Crippen LogP contribution in [0.25, 0.3) is 0 Å². The highest BCUT2D eigenvalue weighted by atomic mass is 35.5. The minimum Gasteiger partial charge on any atom is -0.326 e. The lowest BCUT2D eigenvalue weighted by atomic mass is 9.99. The molecular formula is C14H21ClN2O2S2. The summed E-state index contributed by atoms with van der Waals surface area (Å²) < 4.78 is 24.2. The fourth-order valence-electron chi connectivity index (χ4n) is 2.76. The van der Waals surface area contributed by atoms with Crippen LogP contribution in [0.1, 0.15) is 18.5 Å². The largest absolute Gasteiger partial charge is 0.326 e. The van der Waals surface area contributed by atoms with Crippen molar-refractivity contribution in [2.45, 2.75) is 24.4 Å². The minimum absolute atomic E-state index is 0.195. The first-order chi connectivity index (χ1) is 9.82. The topological polar surface area (TPSA) is 63.4 Å². The number of hydrogen-bond donors (Lipinski definition) is 1. The summed E-state index contributed by atoms with van der Waals surface area (Å²) in [6.45, 7) is 2.59. The van der Waals surface area contributed by atoms with Gasteiger partial charge in [-0.15, -0.1) is 0 Å². The van der Waals surface area contributed by atoms with Crippen molar-refractivity contribution in [3.8, 4) is 0 Å². The van der Waals surface area contributed by atoms with Gasteiger partial charge in [0.2, 0.25) is 0 Å². The van der Waals surface area contributed by atoms with Crippen molar-refractivity contribution in [2.24, 2.45) is 5.73 Å². The number of thioether (sulfide) groups is 1. The van der Waals surface area contributed by atoms with E-state index in [1.165, 1.54) is 6.26 Å². The molecule has 7 heteroatoms. The fraction of sp³-hybridized carbons (Fsp3) is 0.571. The van der Waals surface area contributed by atoms with E-state index in [9.17, 15) is 8.42 Å². The van der Waals surface area contributed by atoms with Crippen LogP contribution in [-0.4, -0.2) is 49.0 Å². The van der Waals surface area contributed by atoms with Crippen molar-refractivity contribution in [1.82, 2.24) is 4.90 Å². The monoisotopic (exact) mass is 348 g/mol. The first-order valence-corrected chi connectivity index (χ1v) is 10.3. The molecule has 2 rings (SSSR count). The Morgan fingerprint density at radius 2 is 2.10 bits per heavy atom. The third-order valence-corrected chi connectivity index (χ3v) is 6.70. The number of benzene rings is 1. The normalized spacial score (nSPS) is 23.7. The average Bonchev–Trinajstić information content (AvgIpc) is 2.40. The lowest BCUT2D eigenvalue weighted by Crippen LogP contribution is -2.52. The fourth-order valence-corrected chi connectivity index (χ4v) is 5.91. The van der Waals surface area contributed by atoms with Gasteiger partial charge in [0, 0.05) is 35.4 Å². The zero-order chi connectivity index (χ0) is 15.6. The smallest absolute Gasteiger partial charge is 0.164 e. The predicted molar refractivity (Wildman–Crippen MR) is 90.5 cm³/mol. The summed E-state index contributed by atoms with van der Waals surface area (Å²) in [5.41, 5.74) is 7.07. The standard InChI is InChI=1S/C14H21ClN2O2S2/c1-10(16)14(11-5-3-4-6-12(11)15)17-7-8-20-9-13(17)21(2,18)19/h3-6,10,13-14H,7-9,16H2,1-2H3. The number of sulfone groups is 1. The summed E-state index contributed by atoms with van der Waals surface area (Å²) in [6.07, 6.45) is 1.29. The Bertz CT molecular complexity index is 592. The van der Waals surface area contributed by atoms with Crippen LogP contribution in [-0.2, 0) is 9.84 Å². The number of rotatable bonds is 4. The summed E-state index contributed by atoms with van der Waals surface area (Å²) in [5.74, 6) is 1.48. The van der Waals surface area contributed by atoms with Gasteiger partial charge in [-0.1, -0.05) is 29.8 Å². The Balaban J connectivity index is 2.44. The van der Waals surface area contributed by atoms with Gasteiger partial charge in [0.1, 0.15) is 5.37 Å². The minimum atomic E-state index is -3.17. The molecule has 4 nitrogen and oxygen atoms in total. The molecule has 0 aliphatic carbocycles. The Labute approximate surface area is 135 Å². The second kappa shape index (κ2) is 6.87. The van der Waals surface area contributed by atoms with Gasteiger partial charge in [-0.3, -0.25) is 4.90 Å². The van der Waals surface area contributed by atoms with Crippen molar-refractivity contribution in [2.75, 3.05) is 24.3 Å². The van der Waals surface area contributed by atoms with E-state index in [-0.39, 0.29) is 12.1 Å². The van der Waals surface area contributed by atoms with E-state index in [1.54, 1.807) is 11.8 Å². The molecule has 1 heterocycles. The Hall–Kier alpha value is -0.270. The van der Waals surface area contributed by atoms with Crippen LogP contribution >= 0.6 is 23.4 Å². The quantitative estimate of drug-likeness (QED) is 0.903. The van der Waals surface area contributed by atoms with Crippen molar-refractivity contribution in [3.05, 3.63) is 34.9 Å². The van der Waals surface area contributed by atoms with Crippen LogP contribution in [0.3, 0.4) is 0 Å². The van der Waals surface area contributed by atoms with Gasteiger partial charge >= 0.3 is 0 Å². The predicted octanol–water partition coefficient (Wildman–Crippen LogP) is 2.15. The number of nitrogens with zero attached hydrogens (tertiary/aromatic N) is 1. The van der Waals surface area contributed by atoms with Gasteiger partial charge in [0.15, 0.2) is 9.84 Å². The third-order valence-electron chi connectivity index (χ3n) is 3.70. The SMILES string of the molecule is CC(N)C(c1ccccc1Cl)N1CCSCC1S(C)(=O)=O. The van der Waals surface area contributed by atoms with E-state index in [0.29, 0.717) is 17.3 Å². The summed E-state index contributed by atoms with van der Waals surface area (Å²) in [7, 11) is -3.17. The van der Waals surface area contributed by atoms with Crippen LogP contribution in [0, 0.1) is 0 Å². The molecule has 3 atom stereocenters. The molecule has 3 unspecified atom stereocenters. The second-order valence-corrected chi connectivity index (χ2v) is 9.18. The molecule has 1 fully saturated rings. The highest BCUT2D eigenvalue weighted by Crippen LogP contribution is 2.34. The Morgan fingerprint density at radius 1 is 1.43 bits per heavy atom. The maximum absolute atomic E-state index is 12.1.